The normalized spacial score (nSPS) is 16.9. The standard InChI is InChI=1S/C31H33FN2O4/c1-4-33(5-2)17-18-34-28(23-11-14-25(32)15-12-23)27(30(36)31(34)37)29(35)24-13-16-26(21(3)19-24)38-20-22-9-7-6-8-10-22/h6-16,19,28,35H,4-5,17-18,20H2,1-3H3/t28-/m0/s1. The van der Waals surface area contributed by atoms with Crippen molar-refractivity contribution in [1.29, 1.82) is 0 Å². The number of hydrogen-bond donors (Lipinski definition) is 1. The molecule has 0 radical (unpaired) electrons. The molecule has 1 atom stereocenters. The van der Waals surface area contributed by atoms with Gasteiger partial charge < -0.3 is 19.6 Å². The van der Waals surface area contributed by atoms with E-state index in [9.17, 15) is 19.1 Å². The first-order valence-electron chi connectivity index (χ1n) is 12.9. The fourth-order valence-corrected chi connectivity index (χ4v) is 4.74. The smallest absolute Gasteiger partial charge is 0.295 e. The maximum absolute atomic E-state index is 13.7. The number of halogens is 1. The third kappa shape index (κ3) is 5.78. The minimum Gasteiger partial charge on any atom is -0.507 e. The van der Waals surface area contributed by atoms with Gasteiger partial charge in [0.15, 0.2) is 0 Å². The van der Waals surface area contributed by atoms with Crippen LogP contribution in [0.3, 0.4) is 0 Å². The molecule has 3 aromatic carbocycles. The third-order valence-corrected chi connectivity index (χ3v) is 6.96. The molecule has 0 bridgehead atoms. The van der Waals surface area contributed by atoms with E-state index in [1.165, 1.54) is 17.0 Å². The predicted octanol–water partition coefficient (Wildman–Crippen LogP) is 5.48. The van der Waals surface area contributed by atoms with Crippen molar-refractivity contribution in [2.45, 2.75) is 33.4 Å². The number of ketones is 1. The van der Waals surface area contributed by atoms with Crippen molar-refractivity contribution < 1.29 is 23.8 Å². The van der Waals surface area contributed by atoms with Crippen LogP contribution in [-0.2, 0) is 16.2 Å². The maximum Gasteiger partial charge on any atom is 0.295 e. The van der Waals surface area contributed by atoms with Crippen LogP contribution < -0.4 is 4.74 Å². The first-order chi connectivity index (χ1) is 18.3. The molecule has 7 heteroatoms. The number of likely N-dealkylation sites (N-methyl/N-ethyl adjacent to an activating group) is 1. The molecule has 0 unspecified atom stereocenters. The van der Waals surface area contributed by atoms with Crippen molar-refractivity contribution in [2.75, 3.05) is 26.2 Å². The number of Topliss-reactive ketones (excluding diaryl/α,β-unsaturated/α-hetero) is 1. The van der Waals surface area contributed by atoms with Crippen molar-refractivity contribution >= 4 is 17.4 Å². The van der Waals surface area contributed by atoms with Crippen LogP contribution in [0.2, 0.25) is 0 Å². The van der Waals surface area contributed by atoms with Crippen molar-refractivity contribution in [1.82, 2.24) is 9.80 Å². The molecule has 3 aromatic rings. The van der Waals surface area contributed by atoms with Gasteiger partial charge in [-0.2, -0.15) is 0 Å². The Morgan fingerprint density at radius 2 is 1.68 bits per heavy atom. The summed E-state index contributed by atoms with van der Waals surface area (Å²) in [7, 11) is 0. The van der Waals surface area contributed by atoms with Crippen LogP contribution in [0.1, 0.15) is 42.1 Å². The summed E-state index contributed by atoms with van der Waals surface area (Å²) in [6.45, 7) is 8.81. The van der Waals surface area contributed by atoms with E-state index in [1.807, 2.05) is 51.1 Å². The number of amides is 1. The minimum atomic E-state index is -0.819. The maximum atomic E-state index is 13.7. The van der Waals surface area contributed by atoms with E-state index in [0.717, 1.165) is 24.2 Å². The molecule has 0 aliphatic carbocycles. The summed E-state index contributed by atoms with van der Waals surface area (Å²) in [5.74, 6) is -1.46. The van der Waals surface area contributed by atoms with Crippen LogP contribution in [0.4, 0.5) is 4.39 Å². The first kappa shape index (κ1) is 27.1. The van der Waals surface area contributed by atoms with Crippen molar-refractivity contribution in [3.05, 3.63) is 106 Å². The minimum absolute atomic E-state index is 0.00138. The Kier molecular flexibility index (Phi) is 8.59. The second-order valence-corrected chi connectivity index (χ2v) is 9.33. The van der Waals surface area contributed by atoms with Crippen molar-refractivity contribution in [3.8, 4) is 5.75 Å². The van der Waals surface area contributed by atoms with E-state index < -0.39 is 23.5 Å². The molecule has 0 saturated carbocycles. The number of ether oxygens (including phenoxy) is 1. The van der Waals surface area contributed by atoms with Crippen LogP contribution in [0, 0.1) is 12.7 Å². The molecule has 0 spiro atoms. The Balaban J connectivity index is 1.68. The number of carbonyl (C=O) groups is 2. The molecule has 1 fully saturated rings. The Hall–Kier alpha value is -3.97. The van der Waals surface area contributed by atoms with Crippen LogP contribution >= 0.6 is 0 Å². The van der Waals surface area contributed by atoms with Crippen LogP contribution in [0.5, 0.6) is 5.75 Å². The summed E-state index contributed by atoms with van der Waals surface area (Å²) in [5, 5.41) is 11.4. The van der Waals surface area contributed by atoms with Gasteiger partial charge in [-0.15, -0.1) is 0 Å². The largest absolute Gasteiger partial charge is 0.507 e. The summed E-state index contributed by atoms with van der Waals surface area (Å²) < 4.78 is 19.7. The van der Waals surface area contributed by atoms with E-state index >= 15 is 0 Å². The molecule has 1 N–H and O–H groups in total. The van der Waals surface area contributed by atoms with Gasteiger partial charge in [0.1, 0.15) is 23.9 Å². The van der Waals surface area contributed by atoms with Gasteiger partial charge >= 0.3 is 0 Å². The van der Waals surface area contributed by atoms with Gasteiger partial charge in [-0.25, -0.2) is 4.39 Å². The Morgan fingerprint density at radius 1 is 1.00 bits per heavy atom. The van der Waals surface area contributed by atoms with Gasteiger partial charge in [0.05, 0.1) is 11.6 Å². The molecule has 38 heavy (non-hydrogen) atoms. The number of likely N-dealkylation sites (tertiary alicyclic amines) is 1. The zero-order valence-electron chi connectivity index (χ0n) is 22.0. The van der Waals surface area contributed by atoms with Gasteiger partial charge in [0.2, 0.25) is 0 Å². The summed E-state index contributed by atoms with van der Waals surface area (Å²) in [6, 6.07) is 19.8. The Labute approximate surface area is 223 Å². The van der Waals surface area contributed by atoms with Gasteiger partial charge in [0, 0.05) is 18.7 Å². The second kappa shape index (κ2) is 12.0. The quantitative estimate of drug-likeness (QED) is 0.220. The number of rotatable bonds is 10. The van der Waals surface area contributed by atoms with Crippen LogP contribution in [0.25, 0.3) is 5.76 Å². The van der Waals surface area contributed by atoms with Crippen LogP contribution in [-0.4, -0.2) is 52.8 Å². The molecule has 1 aliphatic heterocycles. The lowest BCUT2D eigenvalue weighted by Crippen LogP contribution is -2.38. The molecule has 1 amide bonds. The van der Waals surface area contributed by atoms with E-state index in [-0.39, 0.29) is 11.3 Å². The average molecular weight is 517 g/mol. The number of benzene rings is 3. The summed E-state index contributed by atoms with van der Waals surface area (Å²) in [4.78, 5) is 30.0. The monoisotopic (exact) mass is 516 g/mol. The third-order valence-electron chi connectivity index (χ3n) is 6.96. The average Bonchev–Trinajstić information content (AvgIpc) is 3.18. The van der Waals surface area contributed by atoms with Crippen molar-refractivity contribution in [2.24, 2.45) is 0 Å². The number of aliphatic hydroxyl groups is 1. The SMILES string of the molecule is CCN(CC)CCN1C(=O)C(=O)C(=C(O)c2ccc(OCc3ccccc3)c(C)c2)[C@@H]1c1ccc(F)cc1. The number of nitrogens with zero attached hydrogens (tertiary/aromatic N) is 2. The van der Waals surface area contributed by atoms with Gasteiger partial charge in [-0.3, -0.25) is 9.59 Å². The fourth-order valence-electron chi connectivity index (χ4n) is 4.74. The highest BCUT2D eigenvalue weighted by Crippen LogP contribution is 2.39. The number of aryl methyl sites for hydroxylation is 1. The summed E-state index contributed by atoms with van der Waals surface area (Å²) in [6.07, 6.45) is 0. The van der Waals surface area contributed by atoms with Gasteiger partial charge in [0.25, 0.3) is 11.7 Å². The highest BCUT2D eigenvalue weighted by molar-refractivity contribution is 6.46. The lowest BCUT2D eigenvalue weighted by Gasteiger charge is -2.28. The lowest BCUT2D eigenvalue weighted by molar-refractivity contribution is -0.140. The molecule has 0 aromatic heterocycles. The summed E-state index contributed by atoms with van der Waals surface area (Å²) >= 11 is 0. The number of hydrogen-bond acceptors (Lipinski definition) is 5. The highest BCUT2D eigenvalue weighted by atomic mass is 19.1. The molecule has 4 rings (SSSR count). The van der Waals surface area contributed by atoms with Gasteiger partial charge in [-0.05, 0) is 67.0 Å². The Morgan fingerprint density at radius 3 is 2.32 bits per heavy atom. The zero-order valence-corrected chi connectivity index (χ0v) is 22.0. The predicted molar refractivity (Wildman–Crippen MR) is 145 cm³/mol. The van der Waals surface area contributed by atoms with E-state index in [1.54, 1.807) is 30.3 Å². The number of aliphatic hydroxyl groups excluding tert-OH is 1. The van der Waals surface area contributed by atoms with E-state index in [4.69, 9.17) is 4.74 Å². The van der Waals surface area contributed by atoms with Gasteiger partial charge in [-0.1, -0.05) is 56.3 Å². The molecule has 1 aliphatic rings. The molecule has 6 nitrogen and oxygen atoms in total. The van der Waals surface area contributed by atoms with Crippen molar-refractivity contribution in [3.63, 3.8) is 0 Å². The molecule has 1 saturated heterocycles. The molecule has 198 valence electrons. The molecular formula is C31H33FN2O4. The Bertz CT molecular complexity index is 1320. The summed E-state index contributed by atoms with van der Waals surface area (Å²) in [5.41, 5.74) is 2.77. The van der Waals surface area contributed by atoms with E-state index in [2.05, 4.69) is 4.90 Å². The lowest BCUT2D eigenvalue weighted by atomic mass is 9.94. The number of carbonyl (C=O) groups excluding carboxylic acids is 2. The first-order valence-corrected chi connectivity index (χ1v) is 12.9. The zero-order chi connectivity index (χ0) is 27.2. The molecule has 1 heterocycles. The van der Waals surface area contributed by atoms with Crippen LogP contribution in [0.15, 0.2) is 78.4 Å². The topological polar surface area (TPSA) is 70.1 Å². The second-order valence-electron chi connectivity index (χ2n) is 9.33. The highest BCUT2D eigenvalue weighted by Gasteiger charge is 2.46. The molecular weight excluding hydrogens is 483 g/mol. The van der Waals surface area contributed by atoms with E-state index in [0.29, 0.717) is 36.6 Å². The fraction of sp³-hybridized carbons (Fsp3) is 0.290.